The van der Waals surface area contributed by atoms with E-state index in [-0.39, 0.29) is 5.82 Å². The molecule has 3 atom stereocenters. The summed E-state index contributed by atoms with van der Waals surface area (Å²) in [7, 11) is 0. The first-order valence-electron chi connectivity index (χ1n) is 6.13. The predicted octanol–water partition coefficient (Wildman–Crippen LogP) is 3.24. The average Bonchev–Trinajstić information content (AvgIpc) is 2.27. The predicted molar refractivity (Wildman–Crippen MR) is 65.1 cm³/mol. The molecule has 0 bridgehead atoms. The minimum atomic E-state index is -0.0982. The third kappa shape index (κ3) is 1.99. The van der Waals surface area contributed by atoms with E-state index >= 15 is 0 Å². The Morgan fingerprint density at radius 2 is 2.19 bits per heavy atom. The van der Waals surface area contributed by atoms with Crippen molar-refractivity contribution >= 4 is 0 Å². The summed E-state index contributed by atoms with van der Waals surface area (Å²) in [5.74, 6) is 1.16. The summed E-state index contributed by atoms with van der Waals surface area (Å²) in [5, 5.41) is 3.48. The molecule has 16 heavy (non-hydrogen) atoms. The van der Waals surface area contributed by atoms with Gasteiger partial charge in [-0.25, -0.2) is 4.39 Å². The van der Waals surface area contributed by atoms with Crippen LogP contribution in [0.15, 0.2) is 18.2 Å². The van der Waals surface area contributed by atoms with Crippen LogP contribution in [0.2, 0.25) is 0 Å². The van der Waals surface area contributed by atoms with Crippen molar-refractivity contribution < 1.29 is 4.39 Å². The molecule has 0 aliphatic heterocycles. The lowest BCUT2D eigenvalue weighted by atomic mass is 9.67. The molecule has 0 spiro atoms. The second kappa shape index (κ2) is 4.54. The molecule has 0 aromatic heterocycles. The highest BCUT2D eigenvalue weighted by atomic mass is 19.1. The number of benzene rings is 1. The van der Waals surface area contributed by atoms with E-state index in [1.165, 1.54) is 12.0 Å². The zero-order valence-corrected chi connectivity index (χ0v) is 10.3. The number of hydrogen-bond acceptors (Lipinski definition) is 1. The van der Waals surface area contributed by atoms with Crippen LogP contribution in [0.1, 0.15) is 37.3 Å². The van der Waals surface area contributed by atoms with E-state index in [0.717, 1.165) is 12.1 Å². The molecule has 1 N–H and O–H groups in total. The van der Waals surface area contributed by atoms with E-state index in [1.807, 2.05) is 19.1 Å². The van der Waals surface area contributed by atoms with Gasteiger partial charge < -0.3 is 5.32 Å². The Kier molecular flexibility index (Phi) is 3.29. The molecule has 0 radical (unpaired) electrons. The maximum atomic E-state index is 13.2. The van der Waals surface area contributed by atoms with Crippen LogP contribution in [-0.2, 0) is 0 Å². The largest absolute Gasteiger partial charge is 0.314 e. The van der Waals surface area contributed by atoms with Crippen LogP contribution < -0.4 is 5.32 Å². The zero-order chi connectivity index (χ0) is 11.7. The molecule has 1 aliphatic rings. The molecular weight excluding hydrogens is 201 g/mol. The van der Waals surface area contributed by atoms with E-state index in [0.29, 0.717) is 17.9 Å². The van der Waals surface area contributed by atoms with Crippen LogP contribution in [0.5, 0.6) is 0 Å². The molecule has 3 unspecified atom stereocenters. The molecule has 1 aromatic rings. The molecule has 2 heteroatoms. The first-order valence-corrected chi connectivity index (χ1v) is 6.13. The Hall–Kier alpha value is -0.890. The van der Waals surface area contributed by atoms with Crippen molar-refractivity contribution in [1.82, 2.24) is 5.32 Å². The lowest BCUT2D eigenvalue weighted by Crippen LogP contribution is -2.47. The zero-order valence-electron chi connectivity index (χ0n) is 10.3. The summed E-state index contributed by atoms with van der Waals surface area (Å²) in [6.07, 6.45) is 1.18. The summed E-state index contributed by atoms with van der Waals surface area (Å²) in [4.78, 5) is 0. The van der Waals surface area contributed by atoms with Crippen LogP contribution in [0, 0.1) is 18.7 Å². The normalized spacial score (nSPS) is 28.9. The van der Waals surface area contributed by atoms with Gasteiger partial charge in [0.1, 0.15) is 5.82 Å². The standard InChI is InChI=1S/C14H20FN/c1-4-16-14-8-12(10(14)3)11-5-6-13(15)9(2)7-11/h5-7,10,12,14,16H,4,8H2,1-3H3. The highest BCUT2D eigenvalue weighted by Gasteiger charge is 2.37. The molecule has 0 saturated heterocycles. The fourth-order valence-corrected chi connectivity index (χ4v) is 2.66. The molecule has 2 rings (SSSR count). The Labute approximate surface area is 97.1 Å². The second-order valence-corrected chi connectivity index (χ2v) is 4.87. The van der Waals surface area contributed by atoms with Crippen molar-refractivity contribution in [3.63, 3.8) is 0 Å². The number of nitrogens with one attached hydrogen (secondary N) is 1. The van der Waals surface area contributed by atoms with Crippen molar-refractivity contribution in [3.05, 3.63) is 35.1 Å². The van der Waals surface area contributed by atoms with E-state index in [9.17, 15) is 4.39 Å². The van der Waals surface area contributed by atoms with Crippen molar-refractivity contribution in [2.75, 3.05) is 6.54 Å². The molecule has 1 aliphatic carbocycles. The van der Waals surface area contributed by atoms with Crippen molar-refractivity contribution in [3.8, 4) is 0 Å². The highest BCUT2D eigenvalue weighted by molar-refractivity contribution is 5.29. The SMILES string of the molecule is CCNC1CC(c2ccc(F)c(C)c2)C1C. The molecule has 1 saturated carbocycles. The Morgan fingerprint density at radius 1 is 1.44 bits per heavy atom. The van der Waals surface area contributed by atoms with E-state index in [2.05, 4.69) is 19.2 Å². The van der Waals surface area contributed by atoms with Crippen LogP contribution in [-0.4, -0.2) is 12.6 Å². The van der Waals surface area contributed by atoms with Gasteiger partial charge in [0.05, 0.1) is 0 Å². The number of aryl methyl sites for hydroxylation is 1. The van der Waals surface area contributed by atoms with Gasteiger partial charge in [-0.1, -0.05) is 26.0 Å². The highest BCUT2D eigenvalue weighted by Crippen LogP contribution is 2.42. The second-order valence-electron chi connectivity index (χ2n) is 4.87. The Morgan fingerprint density at radius 3 is 2.75 bits per heavy atom. The first-order chi connectivity index (χ1) is 7.63. The summed E-state index contributed by atoms with van der Waals surface area (Å²) >= 11 is 0. The van der Waals surface area contributed by atoms with Gasteiger partial charge in [0, 0.05) is 6.04 Å². The molecule has 88 valence electrons. The van der Waals surface area contributed by atoms with E-state index < -0.39 is 0 Å². The monoisotopic (exact) mass is 221 g/mol. The summed E-state index contributed by atoms with van der Waals surface area (Å²) in [5.41, 5.74) is 2.05. The third-order valence-corrected chi connectivity index (χ3v) is 3.85. The fraction of sp³-hybridized carbons (Fsp3) is 0.571. The summed E-state index contributed by atoms with van der Waals surface area (Å²) < 4.78 is 13.2. The fourth-order valence-electron chi connectivity index (χ4n) is 2.66. The Bertz CT molecular complexity index is 375. The summed E-state index contributed by atoms with van der Waals surface area (Å²) in [6.45, 7) is 7.29. The average molecular weight is 221 g/mol. The van der Waals surface area contributed by atoms with Gasteiger partial charge in [-0.15, -0.1) is 0 Å². The van der Waals surface area contributed by atoms with Crippen LogP contribution in [0.3, 0.4) is 0 Å². The first kappa shape index (κ1) is 11.6. The molecule has 1 aromatic carbocycles. The summed E-state index contributed by atoms with van der Waals surface area (Å²) in [6, 6.07) is 6.17. The molecule has 1 fully saturated rings. The van der Waals surface area contributed by atoms with E-state index in [4.69, 9.17) is 0 Å². The quantitative estimate of drug-likeness (QED) is 0.826. The number of halogens is 1. The van der Waals surface area contributed by atoms with Crippen LogP contribution >= 0.6 is 0 Å². The number of hydrogen-bond donors (Lipinski definition) is 1. The van der Waals surface area contributed by atoms with Crippen molar-refractivity contribution in [2.45, 2.75) is 39.2 Å². The van der Waals surface area contributed by atoms with Gasteiger partial charge in [-0.3, -0.25) is 0 Å². The van der Waals surface area contributed by atoms with Crippen LogP contribution in [0.25, 0.3) is 0 Å². The molecule has 1 nitrogen and oxygen atoms in total. The van der Waals surface area contributed by atoms with E-state index in [1.54, 1.807) is 6.07 Å². The third-order valence-electron chi connectivity index (χ3n) is 3.85. The van der Waals surface area contributed by atoms with Gasteiger partial charge in [-0.2, -0.15) is 0 Å². The lowest BCUT2D eigenvalue weighted by molar-refractivity contribution is 0.187. The molecule has 0 amide bonds. The van der Waals surface area contributed by atoms with Gasteiger partial charge in [0.25, 0.3) is 0 Å². The minimum absolute atomic E-state index is 0.0982. The maximum Gasteiger partial charge on any atom is 0.126 e. The van der Waals surface area contributed by atoms with Crippen molar-refractivity contribution in [2.24, 2.45) is 5.92 Å². The number of rotatable bonds is 3. The topological polar surface area (TPSA) is 12.0 Å². The maximum absolute atomic E-state index is 13.2. The van der Waals surface area contributed by atoms with Gasteiger partial charge in [-0.05, 0) is 48.9 Å². The van der Waals surface area contributed by atoms with Crippen molar-refractivity contribution in [1.29, 1.82) is 0 Å². The van der Waals surface area contributed by atoms with Gasteiger partial charge >= 0.3 is 0 Å². The molecular formula is C14H20FN. The minimum Gasteiger partial charge on any atom is -0.314 e. The Balaban J connectivity index is 2.07. The van der Waals surface area contributed by atoms with Gasteiger partial charge in [0.15, 0.2) is 0 Å². The van der Waals surface area contributed by atoms with Crippen LogP contribution in [0.4, 0.5) is 4.39 Å². The van der Waals surface area contributed by atoms with Gasteiger partial charge in [0.2, 0.25) is 0 Å². The molecule has 0 heterocycles. The smallest absolute Gasteiger partial charge is 0.126 e. The lowest BCUT2D eigenvalue weighted by Gasteiger charge is -2.43.